The number of amides is 1. The van der Waals surface area contributed by atoms with Crippen LogP contribution in [-0.4, -0.2) is 62.7 Å². The molecule has 1 rings (SSSR count). The lowest BCUT2D eigenvalue weighted by molar-refractivity contribution is -0.141. The molecule has 25 heavy (non-hydrogen) atoms. The van der Waals surface area contributed by atoms with Crippen LogP contribution < -0.4 is 16.8 Å². The molecule has 0 fully saturated rings. The number of carboxylic acids is 2. The molecule has 0 unspecified atom stereocenters. The second kappa shape index (κ2) is 9.11. The lowest BCUT2D eigenvalue weighted by Crippen LogP contribution is -2.45. The number of rotatable bonds is 9. The molecule has 1 amide bonds. The van der Waals surface area contributed by atoms with Crippen LogP contribution >= 0.6 is 11.8 Å². The van der Waals surface area contributed by atoms with E-state index in [-0.39, 0.29) is 23.6 Å². The van der Waals surface area contributed by atoms with E-state index >= 15 is 0 Å². The van der Waals surface area contributed by atoms with Crippen LogP contribution in [0.15, 0.2) is 17.0 Å². The normalized spacial score (nSPS) is 13.0. The number of aliphatic carboxylic acids is 2. The maximum atomic E-state index is 11.2. The van der Waals surface area contributed by atoms with Gasteiger partial charge in [0.15, 0.2) is 11.5 Å². The third-order valence-corrected chi connectivity index (χ3v) is 4.23. The Hall–Kier alpha value is -2.50. The Bertz CT molecular complexity index is 668. The Morgan fingerprint density at radius 3 is 2.32 bits per heavy atom. The molecule has 0 bridgehead atoms. The van der Waals surface area contributed by atoms with E-state index < -0.39 is 41.4 Å². The summed E-state index contributed by atoms with van der Waals surface area (Å²) in [6.07, 6.45) is -0.0942. The molecule has 0 heterocycles. The van der Waals surface area contributed by atoms with Gasteiger partial charge in [-0.2, -0.15) is 0 Å². The van der Waals surface area contributed by atoms with Gasteiger partial charge < -0.3 is 37.2 Å². The van der Waals surface area contributed by atoms with Crippen LogP contribution in [0.4, 0.5) is 0 Å². The van der Waals surface area contributed by atoms with Gasteiger partial charge in [-0.05, 0) is 24.1 Å². The fourth-order valence-electron chi connectivity index (χ4n) is 1.82. The number of phenolic OH excluding ortho intramolecular Hbond substituents is 2. The molecular weight excluding hydrogens is 354 g/mol. The molecule has 0 aliphatic rings. The second-order valence-corrected chi connectivity index (χ2v) is 6.15. The Morgan fingerprint density at radius 2 is 1.80 bits per heavy atom. The van der Waals surface area contributed by atoms with Gasteiger partial charge in [0.25, 0.3) is 0 Å². The van der Waals surface area contributed by atoms with Crippen LogP contribution in [0.2, 0.25) is 0 Å². The van der Waals surface area contributed by atoms with Gasteiger partial charge >= 0.3 is 11.9 Å². The molecule has 138 valence electrons. The van der Waals surface area contributed by atoms with Gasteiger partial charge in [0.2, 0.25) is 5.91 Å². The zero-order chi connectivity index (χ0) is 19.1. The Balaban J connectivity index is 2.92. The number of hydrogen-bond donors (Lipinski definition) is 7. The lowest BCUT2D eigenvalue weighted by atomic mass is 10.1. The van der Waals surface area contributed by atoms with E-state index in [1.165, 1.54) is 12.1 Å². The quantitative estimate of drug-likeness (QED) is 0.201. The second-order valence-electron chi connectivity index (χ2n) is 5.08. The number of carboxylic acid groups (broad SMARTS) is 2. The standard InChI is InChI=1S/C14H19N3O7S/c15-4-11(19)17-8(14(23)24)5-25-10-3-6(1-7(16)13(21)22)2-9(18)12(10)20/h2-3,7-8,18,20H,1,4-5,15-16H2,(H,17,19)(H,21,22)(H,23,24)/t7-,8+/m0/s1. The number of thioether (sulfide) groups is 1. The van der Waals surface area contributed by atoms with E-state index in [2.05, 4.69) is 5.32 Å². The molecule has 11 heteroatoms. The van der Waals surface area contributed by atoms with E-state index in [1.54, 1.807) is 0 Å². The number of phenols is 2. The van der Waals surface area contributed by atoms with E-state index in [1.807, 2.05) is 0 Å². The van der Waals surface area contributed by atoms with Gasteiger partial charge in [-0.25, -0.2) is 4.79 Å². The number of benzene rings is 1. The molecule has 9 N–H and O–H groups in total. The van der Waals surface area contributed by atoms with Gasteiger partial charge in [0.1, 0.15) is 12.1 Å². The van der Waals surface area contributed by atoms with Crippen molar-refractivity contribution in [1.29, 1.82) is 0 Å². The summed E-state index contributed by atoms with van der Waals surface area (Å²) in [5.41, 5.74) is 10.9. The van der Waals surface area contributed by atoms with Crippen LogP contribution in [0, 0.1) is 0 Å². The fourth-order valence-corrected chi connectivity index (χ4v) is 2.87. The van der Waals surface area contributed by atoms with Gasteiger partial charge in [-0.1, -0.05) is 0 Å². The van der Waals surface area contributed by atoms with E-state index in [0.717, 1.165) is 11.8 Å². The third-order valence-electron chi connectivity index (χ3n) is 3.11. The van der Waals surface area contributed by atoms with Crippen molar-refractivity contribution < 1.29 is 34.8 Å². The summed E-state index contributed by atoms with van der Waals surface area (Å²) in [5, 5.41) is 39.7. The highest BCUT2D eigenvalue weighted by molar-refractivity contribution is 7.99. The van der Waals surface area contributed by atoms with Crippen molar-refractivity contribution in [2.75, 3.05) is 12.3 Å². The van der Waals surface area contributed by atoms with Crippen molar-refractivity contribution in [1.82, 2.24) is 5.32 Å². The molecule has 1 aromatic rings. The van der Waals surface area contributed by atoms with Crippen LogP contribution in [0.1, 0.15) is 5.56 Å². The summed E-state index contributed by atoms with van der Waals surface area (Å²) in [7, 11) is 0. The van der Waals surface area contributed by atoms with Crippen LogP contribution in [0.5, 0.6) is 11.5 Å². The van der Waals surface area contributed by atoms with Crippen molar-refractivity contribution in [3.8, 4) is 11.5 Å². The third kappa shape index (κ3) is 6.14. The predicted molar refractivity (Wildman–Crippen MR) is 88.4 cm³/mol. The molecule has 10 nitrogen and oxygen atoms in total. The van der Waals surface area contributed by atoms with Crippen LogP contribution in [-0.2, 0) is 20.8 Å². The Labute approximate surface area is 146 Å². The summed E-state index contributed by atoms with van der Waals surface area (Å²) in [5.74, 6) is -4.29. The fraction of sp³-hybridized carbons (Fsp3) is 0.357. The highest BCUT2D eigenvalue weighted by Crippen LogP contribution is 2.37. The van der Waals surface area contributed by atoms with E-state index in [0.29, 0.717) is 5.56 Å². The van der Waals surface area contributed by atoms with Crippen molar-refractivity contribution in [3.63, 3.8) is 0 Å². The summed E-state index contributed by atoms with van der Waals surface area (Å²) in [6.45, 7) is -0.372. The molecule has 1 aromatic carbocycles. The van der Waals surface area contributed by atoms with Crippen molar-refractivity contribution in [2.24, 2.45) is 11.5 Å². The van der Waals surface area contributed by atoms with Gasteiger partial charge in [-0.3, -0.25) is 9.59 Å². The van der Waals surface area contributed by atoms with Crippen LogP contribution in [0.3, 0.4) is 0 Å². The first-order valence-corrected chi connectivity index (χ1v) is 8.02. The predicted octanol–water partition coefficient (Wildman–Crippen LogP) is -1.33. The number of nitrogens with one attached hydrogen (secondary N) is 1. The summed E-state index contributed by atoms with van der Waals surface area (Å²) < 4.78 is 0. The lowest BCUT2D eigenvalue weighted by Gasteiger charge is -2.15. The number of carbonyl (C=O) groups is 3. The molecule has 0 saturated heterocycles. The highest BCUT2D eigenvalue weighted by atomic mass is 32.2. The smallest absolute Gasteiger partial charge is 0.327 e. The van der Waals surface area contributed by atoms with E-state index in [4.69, 9.17) is 21.7 Å². The number of nitrogens with two attached hydrogens (primary N) is 2. The average molecular weight is 373 g/mol. The first-order valence-electron chi connectivity index (χ1n) is 7.04. The highest BCUT2D eigenvalue weighted by Gasteiger charge is 2.22. The van der Waals surface area contributed by atoms with Crippen molar-refractivity contribution in [3.05, 3.63) is 17.7 Å². The summed E-state index contributed by atoms with van der Waals surface area (Å²) in [6, 6.07) is 0.115. The van der Waals surface area contributed by atoms with Gasteiger partial charge in [0, 0.05) is 5.75 Å². The molecule has 0 aliphatic carbocycles. The minimum Gasteiger partial charge on any atom is -0.504 e. The molecule has 0 aliphatic heterocycles. The molecule has 0 aromatic heterocycles. The van der Waals surface area contributed by atoms with Gasteiger partial charge in [-0.15, -0.1) is 11.8 Å². The van der Waals surface area contributed by atoms with Crippen LogP contribution in [0.25, 0.3) is 0 Å². The first-order chi connectivity index (χ1) is 11.6. The van der Waals surface area contributed by atoms with Crippen molar-refractivity contribution >= 4 is 29.6 Å². The topological polar surface area (TPSA) is 196 Å². The number of carbonyl (C=O) groups excluding carboxylic acids is 1. The summed E-state index contributed by atoms with van der Waals surface area (Å²) in [4.78, 5) is 33.3. The molecule has 0 spiro atoms. The molecule has 2 atom stereocenters. The monoisotopic (exact) mass is 373 g/mol. The molecule has 0 saturated carbocycles. The maximum Gasteiger partial charge on any atom is 0.327 e. The number of aromatic hydroxyl groups is 2. The number of hydrogen-bond acceptors (Lipinski definition) is 8. The minimum absolute atomic E-state index is 0.0942. The first kappa shape index (κ1) is 20.5. The summed E-state index contributed by atoms with van der Waals surface area (Å²) >= 11 is 0.865. The van der Waals surface area contributed by atoms with Crippen molar-refractivity contribution in [2.45, 2.75) is 23.4 Å². The Morgan fingerprint density at radius 1 is 1.16 bits per heavy atom. The zero-order valence-electron chi connectivity index (χ0n) is 13.0. The Kier molecular flexibility index (Phi) is 7.48. The molecular formula is C14H19N3O7S. The maximum absolute atomic E-state index is 11.2. The molecule has 0 radical (unpaired) electrons. The van der Waals surface area contributed by atoms with E-state index in [9.17, 15) is 24.6 Å². The minimum atomic E-state index is -1.29. The average Bonchev–Trinajstić information content (AvgIpc) is 2.54. The SMILES string of the molecule is NCC(=O)N[C@H](CSc1cc(C[C@H](N)C(=O)O)cc(O)c1O)C(=O)O. The largest absolute Gasteiger partial charge is 0.504 e. The zero-order valence-corrected chi connectivity index (χ0v) is 13.8. The van der Waals surface area contributed by atoms with Gasteiger partial charge in [0.05, 0.1) is 11.4 Å².